The molecule has 2 aromatic carbocycles. The van der Waals surface area contributed by atoms with E-state index < -0.39 is 21.2 Å². The van der Waals surface area contributed by atoms with Crippen LogP contribution in [0.4, 0.5) is 5.69 Å². The highest BCUT2D eigenvalue weighted by Crippen LogP contribution is 2.49. The van der Waals surface area contributed by atoms with Gasteiger partial charge in [0.05, 0.1) is 38.2 Å². The Morgan fingerprint density at radius 3 is 2.57 bits per heavy atom. The van der Waals surface area contributed by atoms with Gasteiger partial charge in [-0.3, -0.25) is 4.79 Å². The third kappa shape index (κ3) is 7.53. The molecule has 7 rings (SSSR count). The van der Waals surface area contributed by atoms with Crippen molar-refractivity contribution in [1.82, 2.24) is 9.62 Å². The van der Waals surface area contributed by atoms with E-state index >= 15 is 0 Å². The fourth-order valence-electron chi connectivity index (χ4n) is 9.38. The minimum atomic E-state index is -4.05. The predicted octanol–water partition coefficient (Wildman–Crippen LogP) is 5.65. The summed E-state index contributed by atoms with van der Waals surface area (Å²) < 4.78 is 55.1. The van der Waals surface area contributed by atoms with Crippen molar-refractivity contribution in [2.45, 2.75) is 81.3 Å². The summed E-state index contributed by atoms with van der Waals surface area (Å²) in [6, 6.07) is 11.8. The molecule has 10 nitrogen and oxygen atoms in total. The average Bonchev–Trinajstić information content (AvgIpc) is 3.24. The van der Waals surface area contributed by atoms with Gasteiger partial charge in [-0.15, -0.1) is 0 Å². The van der Waals surface area contributed by atoms with Crippen LogP contribution in [0.2, 0.25) is 5.02 Å². The van der Waals surface area contributed by atoms with Crippen molar-refractivity contribution in [2.75, 3.05) is 65.6 Å². The molecule has 6 atom stereocenters. The molecule has 1 spiro atoms. The van der Waals surface area contributed by atoms with Gasteiger partial charge in [-0.1, -0.05) is 31.0 Å². The third-order valence-corrected chi connectivity index (χ3v) is 14.7. The molecule has 0 unspecified atom stereocenters. The van der Waals surface area contributed by atoms with E-state index in [-0.39, 0.29) is 41.8 Å². The first kappa shape index (κ1) is 36.9. The number of halogens is 1. The molecule has 2 aromatic rings. The van der Waals surface area contributed by atoms with E-state index in [2.05, 4.69) is 40.7 Å². The number of likely N-dealkylation sites (N-methyl/N-ethyl adjacent to an activating group) is 1. The van der Waals surface area contributed by atoms with E-state index in [1.165, 1.54) is 18.2 Å². The molecule has 5 aliphatic rings. The van der Waals surface area contributed by atoms with Gasteiger partial charge in [0.2, 0.25) is 10.0 Å². The molecule has 51 heavy (non-hydrogen) atoms. The van der Waals surface area contributed by atoms with Gasteiger partial charge in [0, 0.05) is 42.1 Å². The molecule has 3 aliphatic heterocycles. The Kier molecular flexibility index (Phi) is 11.0. The van der Waals surface area contributed by atoms with Gasteiger partial charge in [0.15, 0.2) is 6.29 Å². The Balaban J connectivity index is 1.27. The summed E-state index contributed by atoms with van der Waals surface area (Å²) in [5.41, 5.74) is 3.40. The summed E-state index contributed by atoms with van der Waals surface area (Å²) in [7, 11) is 1.56. The number of carbonyl (C=O) groups is 1. The summed E-state index contributed by atoms with van der Waals surface area (Å²) in [5.74, 6) is 0.812. The van der Waals surface area contributed by atoms with Crippen molar-refractivity contribution in [3.63, 3.8) is 0 Å². The van der Waals surface area contributed by atoms with E-state index in [4.69, 9.17) is 30.5 Å². The predicted molar refractivity (Wildman–Crippen MR) is 198 cm³/mol. The molecule has 3 heterocycles. The number of aryl methyl sites for hydroxylation is 1. The third-order valence-electron chi connectivity index (χ3n) is 12.6. The lowest BCUT2D eigenvalue weighted by atomic mass is 9.64. The van der Waals surface area contributed by atoms with E-state index in [0.717, 1.165) is 68.7 Å². The normalized spacial score (nSPS) is 34.0. The van der Waals surface area contributed by atoms with Crippen LogP contribution in [-0.4, -0.2) is 97.5 Å². The van der Waals surface area contributed by atoms with Crippen LogP contribution >= 0.6 is 11.6 Å². The molecule has 280 valence electrons. The molecule has 1 saturated carbocycles. The number of carbonyl (C=O) groups excluding carboxylic acids is 1. The summed E-state index contributed by atoms with van der Waals surface area (Å²) in [6.07, 6.45) is 7.26. The number of rotatable bonds is 4. The molecule has 1 amide bonds. The van der Waals surface area contributed by atoms with Gasteiger partial charge >= 0.3 is 0 Å². The Bertz CT molecular complexity index is 1680. The number of ether oxygens (including phenoxy) is 4. The molecular weight excluding hydrogens is 690 g/mol. The number of benzene rings is 2. The van der Waals surface area contributed by atoms with Crippen LogP contribution in [0.25, 0.3) is 0 Å². The molecule has 2 bridgehead atoms. The van der Waals surface area contributed by atoms with Crippen LogP contribution in [0.5, 0.6) is 5.75 Å². The lowest BCUT2D eigenvalue weighted by Crippen LogP contribution is -2.52. The van der Waals surface area contributed by atoms with Crippen LogP contribution in [0.15, 0.2) is 36.4 Å². The molecular formula is C39H54ClN3O7S. The fourth-order valence-corrected chi connectivity index (χ4v) is 11.2. The summed E-state index contributed by atoms with van der Waals surface area (Å²) >= 11 is 6.48. The van der Waals surface area contributed by atoms with Gasteiger partial charge < -0.3 is 28.7 Å². The van der Waals surface area contributed by atoms with Crippen LogP contribution in [0.3, 0.4) is 0 Å². The Morgan fingerprint density at radius 2 is 1.84 bits per heavy atom. The van der Waals surface area contributed by atoms with Crippen molar-refractivity contribution in [2.24, 2.45) is 23.7 Å². The van der Waals surface area contributed by atoms with Gasteiger partial charge in [0.25, 0.3) is 5.91 Å². The zero-order chi connectivity index (χ0) is 35.9. The summed E-state index contributed by atoms with van der Waals surface area (Å²) in [5, 5.41) is -0.133. The molecule has 2 fully saturated rings. The lowest BCUT2D eigenvalue weighted by Gasteiger charge is -2.49. The molecule has 2 aliphatic carbocycles. The summed E-state index contributed by atoms with van der Waals surface area (Å²) in [4.78, 5) is 18.3. The van der Waals surface area contributed by atoms with Crippen molar-refractivity contribution in [3.8, 4) is 5.75 Å². The maximum Gasteiger partial charge on any atom is 0.264 e. The topological polar surface area (TPSA) is 107 Å². The van der Waals surface area contributed by atoms with Gasteiger partial charge in [-0.25, -0.2) is 13.1 Å². The molecule has 0 aromatic heterocycles. The van der Waals surface area contributed by atoms with Crippen LogP contribution in [-0.2, 0) is 36.1 Å². The van der Waals surface area contributed by atoms with Gasteiger partial charge in [0.1, 0.15) is 11.0 Å². The molecule has 1 saturated heterocycles. The number of anilines is 1. The van der Waals surface area contributed by atoms with E-state index in [9.17, 15) is 13.2 Å². The number of nitrogens with one attached hydrogen (secondary N) is 1. The second-order valence-electron chi connectivity index (χ2n) is 16.0. The molecule has 12 heteroatoms. The number of hydrogen-bond donors (Lipinski definition) is 1. The Labute approximate surface area is 308 Å². The van der Waals surface area contributed by atoms with Crippen LogP contribution in [0, 0.1) is 23.7 Å². The highest BCUT2D eigenvalue weighted by Gasteiger charge is 2.47. The molecule has 0 radical (unpaired) electrons. The van der Waals surface area contributed by atoms with Gasteiger partial charge in [-0.2, -0.15) is 0 Å². The largest absolute Gasteiger partial charge is 0.490 e. The minimum absolute atomic E-state index is 0.000741. The SMILES string of the molecule is COC[C@@H]1[C@@H](C)CCC[C@H]([C@H]2OC[C@H](N(C)C)CO2)[C@@H]2CC[C@H]2CN2C[C@@]3(CCCc4cc(Cl)ccc43)COc3ccc(cc32)C(=O)NS1(=O)=O. The number of amides is 1. The minimum Gasteiger partial charge on any atom is -0.490 e. The number of hydrogen-bond acceptors (Lipinski definition) is 9. The Hall–Kier alpha value is -2.41. The maximum atomic E-state index is 13.8. The maximum absolute atomic E-state index is 13.8. The lowest BCUT2D eigenvalue weighted by molar-refractivity contribution is -0.240. The number of nitrogens with zero attached hydrogens (tertiary/aromatic N) is 2. The van der Waals surface area contributed by atoms with Crippen molar-refractivity contribution in [1.29, 1.82) is 0 Å². The van der Waals surface area contributed by atoms with Crippen molar-refractivity contribution < 1.29 is 32.2 Å². The zero-order valence-corrected chi connectivity index (χ0v) is 32.0. The van der Waals surface area contributed by atoms with E-state index in [1.54, 1.807) is 6.07 Å². The first-order valence-electron chi connectivity index (χ1n) is 18.7. The van der Waals surface area contributed by atoms with Crippen LogP contribution in [0.1, 0.15) is 73.4 Å². The highest BCUT2D eigenvalue weighted by atomic mass is 35.5. The van der Waals surface area contributed by atoms with Gasteiger partial charge in [-0.05, 0) is 118 Å². The smallest absolute Gasteiger partial charge is 0.264 e. The fraction of sp³-hybridized carbons (Fsp3) is 0.667. The highest BCUT2D eigenvalue weighted by molar-refractivity contribution is 7.90. The zero-order valence-electron chi connectivity index (χ0n) is 30.4. The van der Waals surface area contributed by atoms with Crippen LogP contribution < -0.4 is 14.4 Å². The number of methoxy groups -OCH3 is 1. The number of sulfonamides is 1. The molecule has 1 N–H and O–H groups in total. The second-order valence-corrected chi connectivity index (χ2v) is 18.3. The second kappa shape index (κ2) is 15.1. The quantitative estimate of drug-likeness (QED) is 0.425. The van der Waals surface area contributed by atoms with Crippen molar-refractivity contribution >= 4 is 33.2 Å². The van der Waals surface area contributed by atoms with E-state index in [0.29, 0.717) is 43.8 Å². The standard InChI is InChI=1S/C39H54ClN3O7S/c1-25-7-5-9-32(38-48-20-30(21-49-38)42(2)3)31-13-10-28(31)19-43-23-39(16-6-8-26-17-29(40)12-14-33(26)39)24-50-35-15-11-27(18-34(35)43)37(44)41-51(45,46)36(25)22-47-4/h11-12,14-15,17-18,25,28,30-32,36,38H,5-10,13,16,19-24H2,1-4H3,(H,41,44)/t25-,28-,30-,31+,32-,36+,38-,39-/m0/s1. The first-order valence-corrected chi connectivity index (χ1v) is 20.7. The Morgan fingerprint density at radius 1 is 1.04 bits per heavy atom. The summed E-state index contributed by atoms with van der Waals surface area (Å²) in [6.45, 7) is 5.22. The van der Waals surface area contributed by atoms with E-state index in [1.807, 2.05) is 25.1 Å². The average molecular weight is 744 g/mol. The monoisotopic (exact) mass is 743 g/mol. The van der Waals surface area contributed by atoms with Crippen molar-refractivity contribution in [3.05, 3.63) is 58.1 Å². The number of fused-ring (bicyclic) bond motifs is 4. The first-order chi connectivity index (χ1) is 24.5.